The van der Waals surface area contributed by atoms with Gasteiger partial charge in [-0.1, -0.05) is 12.1 Å². The Balaban J connectivity index is 2.73. The van der Waals surface area contributed by atoms with E-state index in [2.05, 4.69) is 29.8 Å². The summed E-state index contributed by atoms with van der Waals surface area (Å²) in [5.41, 5.74) is 18.0. The molecule has 0 fully saturated rings. The van der Waals surface area contributed by atoms with Crippen LogP contribution in [0.4, 0.5) is 11.4 Å². The van der Waals surface area contributed by atoms with Crippen molar-refractivity contribution in [2.24, 2.45) is 0 Å². The molecule has 0 bridgehead atoms. The molecule has 17 heavy (non-hydrogen) atoms. The average molecular weight is 291 g/mol. The fraction of sp³-hybridized carbons (Fsp3) is 0.143. The Bertz CT molecular complexity index is 553. The lowest BCUT2D eigenvalue weighted by molar-refractivity contribution is 1.38. The third kappa shape index (κ3) is 2.15. The van der Waals surface area contributed by atoms with Gasteiger partial charge in [-0.25, -0.2) is 0 Å². The first-order valence-electron chi connectivity index (χ1n) is 5.42. The van der Waals surface area contributed by atoms with Crippen molar-refractivity contribution in [3.8, 4) is 11.1 Å². The molecule has 0 atom stereocenters. The Hall–Kier alpha value is -1.48. The Morgan fingerprint density at radius 1 is 1.00 bits per heavy atom. The van der Waals surface area contributed by atoms with Gasteiger partial charge in [-0.2, -0.15) is 0 Å². The zero-order valence-electron chi connectivity index (χ0n) is 9.92. The van der Waals surface area contributed by atoms with Crippen LogP contribution < -0.4 is 11.5 Å². The smallest absolute Gasteiger partial charge is 0.0538 e. The topological polar surface area (TPSA) is 52.0 Å². The normalized spacial score (nSPS) is 10.5. The molecule has 3 heteroatoms. The third-order valence-corrected chi connectivity index (χ3v) is 3.57. The van der Waals surface area contributed by atoms with Crippen LogP contribution in [0.15, 0.2) is 34.8 Å². The minimum atomic E-state index is 0.767. The first-order valence-corrected chi connectivity index (χ1v) is 6.21. The van der Waals surface area contributed by atoms with Gasteiger partial charge in [0.05, 0.1) is 5.69 Å². The molecule has 2 rings (SSSR count). The number of halogens is 1. The van der Waals surface area contributed by atoms with E-state index in [0.717, 1.165) is 38.1 Å². The average Bonchev–Trinajstić information content (AvgIpc) is 2.23. The molecule has 88 valence electrons. The summed E-state index contributed by atoms with van der Waals surface area (Å²) in [7, 11) is 0. The Kier molecular flexibility index (Phi) is 3.11. The molecule has 0 spiro atoms. The highest BCUT2D eigenvalue weighted by atomic mass is 79.9. The van der Waals surface area contributed by atoms with Crippen molar-refractivity contribution < 1.29 is 0 Å². The summed E-state index contributed by atoms with van der Waals surface area (Å²) in [5.74, 6) is 0. The molecule has 0 heterocycles. The molecular weight excluding hydrogens is 276 g/mol. The molecule has 0 aliphatic carbocycles. The van der Waals surface area contributed by atoms with Crippen LogP contribution in [0.3, 0.4) is 0 Å². The van der Waals surface area contributed by atoms with E-state index in [1.807, 2.05) is 30.3 Å². The minimum absolute atomic E-state index is 0.767. The molecule has 0 aliphatic heterocycles. The summed E-state index contributed by atoms with van der Waals surface area (Å²) >= 11 is 3.46. The fourth-order valence-corrected chi connectivity index (χ4v) is 2.54. The number of nitrogens with two attached hydrogens (primary N) is 2. The van der Waals surface area contributed by atoms with Gasteiger partial charge < -0.3 is 11.5 Å². The zero-order chi connectivity index (χ0) is 12.6. The van der Waals surface area contributed by atoms with Crippen molar-refractivity contribution in [1.29, 1.82) is 0 Å². The number of hydrogen-bond donors (Lipinski definition) is 2. The van der Waals surface area contributed by atoms with E-state index in [0.29, 0.717) is 0 Å². The number of benzene rings is 2. The molecule has 4 N–H and O–H groups in total. The van der Waals surface area contributed by atoms with Gasteiger partial charge in [0.15, 0.2) is 0 Å². The summed E-state index contributed by atoms with van der Waals surface area (Å²) in [6.45, 7) is 4.11. The molecule has 2 aromatic carbocycles. The van der Waals surface area contributed by atoms with Crippen molar-refractivity contribution >= 4 is 27.3 Å². The molecule has 0 amide bonds. The largest absolute Gasteiger partial charge is 0.399 e. The Labute approximate surface area is 110 Å². The first-order chi connectivity index (χ1) is 8.00. The molecule has 2 aromatic rings. The van der Waals surface area contributed by atoms with Gasteiger partial charge in [-0.15, -0.1) is 0 Å². The number of para-hydroxylation sites is 1. The monoisotopic (exact) mass is 290 g/mol. The van der Waals surface area contributed by atoms with Crippen LogP contribution in [0, 0.1) is 13.8 Å². The number of anilines is 2. The van der Waals surface area contributed by atoms with Gasteiger partial charge in [0.1, 0.15) is 0 Å². The molecule has 0 saturated heterocycles. The van der Waals surface area contributed by atoms with Gasteiger partial charge in [0.2, 0.25) is 0 Å². The maximum Gasteiger partial charge on any atom is 0.0538 e. The number of nitrogen functional groups attached to an aromatic ring is 2. The maximum atomic E-state index is 6.11. The minimum Gasteiger partial charge on any atom is -0.399 e. The highest BCUT2D eigenvalue weighted by molar-refractivity contribution is 9.10. The van der Waals surface area contributed by atoms with Gasteiger partial charge in [0, 0.05) is 15.7 Å². The van der Waals surface area contributed by atoms with E-state index >= 15 is 0 Å². The second-order valence-corrected chi connectivity index (χ2v) is 5.09. The first kappa shape index (κ1) is 12.0. The summed E-state index contributed by atoms with van der Waals surface area (Å²) < 4.78 is 0.922. The second-order valence-electron chi connectivity index (χ2n) is 4.23. The molecule has 0 unspecified atom stereocenters. The standard InChI is InChI=1S/C14H15BrN2/c1-8-6-10(16)7-9(2)13(8)11-4-3-5-12(15)14(11)17/h3-7H,16-17H2,1-2H3. The predicted octanol–water partition coefficient (Wildman–Crippen LogP) is 3.90. The van der Waals surface area contributed by atoms with Gasteiger partial charge in [-0.3, -0.25) is 0 Å². The van der Waals surface area contributed by atoms with Crippen molar-refractivity contribution in [3.63, 3.8) is 0 Å². The lowest BCUT2D eigenvalue weighted by Gasteiger charge is -2.14. The van der Waals surface area contributed by atoms with E-state index in [1.165, 1.54) is 0 Å². The zero-order valence-corrected chi connectivity index (χ0v) is 11.5. The van der Waals surface area contributed by atoms with E-state index in [4.69, 9.17) is 11.5 Å². The molecule has 0 radical (unpaired) electrons. The van der Waals surface area contributed by atoms with Crippen LogP contribution >= 0.6 is 15.9 Å². The quantitative estimate of drug-likeness (QED) is 0.783. The van der Waals surface area contributed by atoms with Crippen LogP contribution in [-0.4, -0.2) is 0 Å². The van der Waals surface area contributed by atoms with Crippen LogP contribution in [0.1, 0.15) is 11.1 Å². The number of aryl methyl sites for hydroxylation is 2. The lowest BCUT2D eigenvalue weighted by atomic mass is 9.94. The molecular formula is C14H15BrN2. The summed E-state index contributed by atoms with van der Waals surface area (Å²) in [5, 5.41) is 0. The molecule has 0 aliphatic rings. The van der Waals surface area contributed by atoms with E-state index in [1.54, 1.807) is 0 Å². The summed E-state index contributed by atoms with van der Waals surface area (Å²) in [6, 6.07) is 9.92. The summed E-state index contributed by atoms with van der Waals surface area (Å²) in [6.07, 6.45) is 0. The molecule has 0 aromatic heterocycles. The number of hydrogen-bond acceptors (Lipinski definition) is 2. The Morgan fingerprint density at radius 3 is 2.18 bits per heavy atom. The van der Waals surface area contributed by atoms with E-state index in [9.17, 15) is 0 Å². The molecule has 0 saturated carbocycles. The predicted molar refractivity (Wildman–Crippen MR) is 77.9 cm³/mol. The number of rotatable bonds is 1. The van der Waals surface area contributed by atoms with E-state index in [-0.39, 0.29) is 0 Å². The lowest BCUT2D eigenvalue weighted by Crippen LogP contribution is -1.97. The van der Waals surface area contributed by atoms with Gasteiger partial charge >= 0.3 is 0 Å². The summed E-state index contributed by atoms with van der Waals surface area (Å²) in [4.78, 5) is 0. The Morgan fingerprint density at radius 2 is 1.59 bits per heavy atom. The van der Waals surface area contributed by atoms with Gasteiger partial charge in [-0.05, 0) is 64.7 Å². The highest BCUT2D eigenvalue weighted by Gasteiger charge is 2.11. The fourth-order valence-electron chi connectivity index (χ4n) is 2.18. The van der Waals surface area contributed by atoms with Crippen molar-refractivity contribution in [3.05, 3.63) is 45.9 Å². The third-order valence-electron chi connectivity index (χ3n) is 2.88. The van der Waals surface area contributed by atoms with E-state index < -0.39 is 0 Å². The van der Waals surface area contributed by atoms with Crippen molar-refractivity contribution in [2.75, 3.05) is 11.5 Å². The van der Waals surface area contributed by atoms with Crippen molar-refractivity contribution in [1.82, 2.24) is 0 Å². The van der Waals surface area contributed by atoms with Crippen LogP contribution in [0.2, 0.25) is 0 Å². The van der Waals surface area contributed by atoms with Crippen LogP contribution in [0.25, 0.3) is 11.1 Å². The van der Waals surface area contributed by atoms with Crippen molar-refractivity contribution in [2.45, 2.75) is 13.8 Å². The molecule has 2 nitrogen and oxygen atoms in total. The van der Waals surface area contributed by atoms with Crippen LogP contribution in [-0.2, 0) is 0 Å². The maximum absolute atomic E-state index is 6.11. The SMILES string of the molecule is Cc1cc(N)cc(C)c1-c1cccc(Br)c1N. The van der Waals surface area contributed by atoms with Gasteiger partial charge in [0.25, 0.3) is 0 Å². The second kappa shape index (κ2) is 4.41. The van der Waals surface area contributed by atoms with Crippen LogP contribution in [0.5, 0.6) is 0 Å². The highest BCUT2D eigenvalue weighted by Crippen LogP contribution is 2.36.